The van der Waals surface area contributed by atoms with Gasteiger partial charge in [-0.3, -0.25) is 0 Å². The molecule has 5 nitrogen and oxygen atoms in total. The highest BCUT2D eigenvalue weighted by molar-refractivity contribution is 7.99. The molecule has 0 unspecified atom stereocenters. The molecule has 9 heteroatoms. The van der Waals surface area contributed by atoms with Crippen LogP contribution in [0.15, 0.2) is 45.3 Å². The normalized spacial score (nSPS) is 11.9. The van der Waals surface area contributed by atoms with Crippen LogP contribution in [0.25, 0.3) is 11.4 Å². The Kier molecular flexibility index (Phi) is 3.88. The number of alkyl halides is 3. The lowest BCUT2D eigenvalue weighted by Crippen LogP contribution is -2.05. The SMILES string of the molecule is Cc1occc1-c1nnc(Sc2ccc(C(F)(F)F)cn2)n1C. The van der Waals surface area contributed by atoms with Crippen LogP contribution >= 0.6 is 11.8 Å². The molecule has 0 aliphatic rings. The summed E-state index contributed by atoms with van der Waals surface area (Å²) in [5.41, 5.74) is 0.0294. The molecule has 0 N–H and O–H groups in total. The number of aryl methyl sites for hydroxylation is 1. The Labute approximate surface area is 133 Å². The van der Waals surface area contributed by atoms with Crippen LogP contribution in [0.4, 0.5) is 13.2 Å². The summed E-state index contributed by atoms with van der Waals surface area (Å²) in [6.07, 6.45) is -2.03. The molecule has 23 heavy (non-hydrogen) atoms. The van der Waals surface area contributed by atoms with E-state index >= 15 is 0 Å². The summed E-state index contributed by atoms with van der Waals surface area (Å²) < 4.78 is 44.6. The largest absolute Gasteiger partial charge is 0.469 e. The molecule has 0 saturated heterocycles. The first kappa shape index (κ1) is 15.6. The number of aromatic nitrogens is 4. The number of pyridine rings is 1. The topological polar surface area (TPSA) is 56.7 Å². The van der Waals surface area contributed by atoms with E-state index < -0.39 is 11.7 Å². The first-order valence-corrected chi connectivity index (χ1v) is 7.33. The number of rotatable bonds is 3. The lowest BCUT2D eigenvalue weighted by atomic mass is 10.2. The van der Waals surface area contributed by atoms with Crippen LogP contribution in [0.3, 0.4) is 0 Å². The van der Waals surface area contributed by atoms with Gasteiger partial charge in [0.25, 0.3) is 0 Å². The standard InChI is InChI=1S/C14H11F3N4OS/c1-8-10(5-6-22-8)12-19-20-13(21(12)2)23-11-4-3-9(7-18-11)14(15,16)17/h3-7H,1-2H3. The van der Waals surface area contributed by atoms with Crippen molar-refractivity contribution in [1.82, 2.24) is 19.7 Å². The molecule has 0 spiro atoms. The van der Waals surface area contributed by atoms with Gasteiger partial charge in [0, 0.05) is 13.2 Å². The smallest absolute Gasteiger partial charge is 0.417 e. The lowest BCUT2D eigenvalue weighted by Gasteiger charge is -2.06. The summed E-state index contributed by atoms with van der Waals surface area (Å²) >= 11 is 1.14. The second kappa shape index (κ2) is 5.73. The summed E-state index contributed by atoms with van der Waals surface area (Å²) in [6, 6.07) is 4.09. The number of nitrogens with zero attached hydrogens (tertiary/aromatic N) is 4. The fraction of sp³-hybridized carbons (Fsp3) is 0.214. The molecule has 120 valence electrons. The summed E-state index contributed by atoms with van der Waals surface area (Å²) in [4.78, 5) is 3.81. The predicted molar refractivity (Wildman–Crippen MR) is 76.8 cm³/mol. The van der Waals surface area contributed by atoms with Crippen molar-refractivity contribution in [3.63, 3.8) is 0 Å². The minimum absolute atomic E-state index is 0.406. The third kappa shape index (κ3) is 3.09. The van der Waals surface area contributed by atoms with Crippen LogP contribution in [0.5, 0.6) is 0 Å². The second-order valence-electron chi connectivity index (χ2n) is 4.74. The minimum atomic E-state index is -4.40. The van der Waals surface area contributed by atoms with E-state index in [1.54, 1.807) is 23.9 Å². The Hall–Kier alpha value is -2.29. The summed E-state index contributed by atoms with van der Waals surface area (Å²) in [5, 5.41) is 9.08. The molecular formula is C14H11F3N4OS. The Morgan fingerprint density at radius 3 is 2.52 bits per heavy atom. The molecule has 3 aromatic heterocycles. The van der Waals surface area contributed by atoms with Gasteiger partial charge in [0.1, 0.15) is 10.8 Å². The zero-order valence-electron chi connectivity index (χ0n) is 12.1. The van der Waals surface area contributed by atoms with E-state index in [-0.39, 0.29) is 0 Å². The zero-order chi connectivity index (χ0) is 16.6. The van der Waals surface area contributed by atoms with Gasteiger partial charge in [0.2, 0.25) is 0 Å². The lowest BCUT2D eigenvalue weighted by molar-refractivity contribution is -0.137. The average molecular weight is 340 g/mol. The molecule has 3 aromatic rings. The second-order valence-corrected chi connectivity index (χ2v) is 5.73. The van der Waals surface area contributed by atoms with Crippen LogP contribution in [0, 0.1) is 6.92 Å². The van der Waals surface area contributed by atoms with Gasteiger partial charge in [-0.05, 0) is 36.9 Å². The van der Waals surface area contributed by atoms with E-state index in [0.717, 1.165) is 29.6 Å². The van der Waals surface area contributed by atoms with Crippen molar-refractivity contribution in [3.05, 3.63) is 42.0 Å². The molecule has 0 radical (unpaired) electrons. The van der Waals surface area contributed by atoms with Crippen LogP contribution in [0.1, 0.15) is 11.3 Å². The van der Waals surface area contributed by atoms with E-state index in [1.807, 2.05) is 6.92 Å². The van der Waals surface area contributed by atoms with Crippen molar-refractivity contribution in [1.29, 1.82) is 0 Å². The molecule has 0 aromatic carbocycles. The summed E-state index contributed by atoms with van der Waals surface area (Å²) in [7, 11) is 1.77. The van der Waals surface area contributed by atoms with Gasteiger partial charge in [-0.15, -0.1) is 10.2 Å². The monoisotopic (exact) mass is 340 g/mol. The Bertz CT molecular complexity index is 823. The third-order valence-electron chi connectivity index (χ3n) is 3.19. The Balaban J connectivity index is 1.84. The van der Waals surface area contributed by atoms with Gasteiger partial charge in [0.15, 0.2) is 11.0 Å². The first-order chi connectivity index (χ1) is 10.9. The van der Waals surface area contributed by atoms with E-state index in [1.165, 1.54) is 6.07 Å². The maximum Gasteiger partial charge on any atom is 0.417 e. The van der Waals surface area contributed by atoms with Gasteiger partial charge in [0.05, 0.1) is 17.4 Å². The predicted octanol–water partition coefficient (Wildman–Crippen LogP) is 3.95. The number of hydrogen-bond donors (Lipinski definition) is 0. The highest BCUT2D eigenvalue weighted by atomic mass is 32.2. The van der Waals surface area contributed by atoms with Crippen molar-refractivity contribution < 1.29 is 17.6 Å². The highest BCUT2D eigenvalue weighted by Crippen LogP contribution is 2.32. The molecule has 0 fully saturated rings. The van der Waals surface area contributed by atoms with Crippen LogP contribution in [-0.4, -0.2) is 19.7 Å². The van der Waals surface area contributed by atoms with E-state index in [0.29, 0.717) is 21.8 Å². The number of hydrogen-bond acceptors (Lipinski definition) is 5. The minimum Gasteiger partial charge on any atom is -0.469 e. The fourth-order valence-corrected chi connectivity index (χ4v) is 2.69. The maximum absolute atomic E-state index is 12.5. The number of halogens is 3. The maximum atomic E-state index is 12.5. The first-order valence-electron chi connectivity index (χ1n) is 6.51. The van der Waals surface area contributed by atoms with Crippen LogP contribution < -0.4 is 0 Å². The van der Waals surface area contributed by atoms with Gasteiger partial charge in [-0.1, -0.05) is 0 Å². The Morgan fingerprint density at radius 2 is 1.96 bits per heavy atom. The average Bonchev–Trinajstić information content (AvgIpc) is 3.06. The Morgan fingerprint density at radius 1 is 1.17 bits per heavy atom. The van der Waals surface area contributed by atoms with E-state index in [9.17, 15) is 13.2 Å². The van der Waals surface area contributed by atoms with Gasteiger partial charge < -0.3 is 8.98 Å². The van der Waals surface area contributed by atoms with Crippen molar-refractivity contribution in [2.75, 3.05) is 0 Å². The number of furan rings is 1. The van der Waals surface area contributed by atoms with Crippen LogP contribution in [0.2, 0.25) is 0 Å². The molecule has 0 bridgehead atoms. The van der Waals surface area contributed by atoms with Crippen molar-refractivity contribution in [3.8, 4) is 11.4 Å². The molecule has 0 atom stereocenters. The van der Waals surface area contributed by atoms with Gasteiger partial charge in [-0.25, -0.2) is 4.98 Å². The molecule has 0 saturated carbocycles. The third-order valence-corrected chi connectivity index (χ3v) is 4.18. The van der Waals surface area contributed by atoms with Gasteiger partial charge in [-0.2, -0.15) is 13.2 Å². The molecule has 3 rings (SSSR count). The van der Waals surface area contributed by atoms with E-state index in [4.69, 9.17) is 4.42 Å². The zero-order valence-corrected chi connectivity index (χ0v) is 12.9. The van der Waals surface area contributed by atoms with Crippen molar-refractivity contribution in [2.24, 2.45) is 7.05 Å². The van der Waals surface area contributed by atoms with E-state index in [2.05, 4.69) is 15.2 Å². The van der Waals surface area contributed by atoms with Crippen molar-refractivity contribution in [2.45, 2.75) is 23.3 Å². The van der Waals surface area contributed by atoms with Gasteiger partial charge >= 0.3 is 6.18 Å². The summed E-state index contributed by atoms with van der Waals surface area (Å²) in [5.74, 6) is 1.33. The molecular weight excluding hydrogens is 329 g/mol. The highest BCUT2D eigenvalue weighted by Gasteiger charge is 2.30. The fourth-order valence-electron chi connectivity index (χ4n) is 1.96. The molecule has 0 aliphatic heterocycles. The quantitative estimate of drug-likeness (QED) is 0.723. The van der Waals surface area contributed by atoms with Crippen molar-refractivity contribution >= 4 is 11.8 Å². The van der Waals surface area contributed by atoms with Crippen LogP contribution in [-0.2, 0) is 13.2 Å². The molecule has 3 heterocycles. The molecule has 0 amide bonds. The summed E-state index contributed by atoms with van der Waals surface area (Å²) in [6.45, 7) is 1.81. The molecule has 0 aliphatic carbocycles.